The minimum Gasteiger partial charge on any atom is -0.450 e. The van der Waals surface area contributed by atoms with Crippen LogP contribution in [0.1, 0.15) is 26.3 Å². The number of nitrogens with one attached hydrogen (secondary N) is 1. The molecule has 0 aliphatic heterocycles. The smallest absolute Gasteiger partial charge is 0.407 e. The van der Waals surface area contributed by atoms with Gasteiger partial charge in [0.2, 0.25) is 5.91 Å². The summed E-state index contributed by atoms with van der Waals surface area (Å²) in [6, 6.07) is 9.83. The van der Waals surface area contributed by atoms with E-state index < -0.39 is 6.09 Å². The largest absolute Gasteiger partial charge is 0.450 e. The van der Waals surface area contributed by atoms with Crippen molar-refractivity contribution in [2.75, 3.05) is 13.2 Å². The van der Waals surface area contributed by atoms with Crippen molar-refractivity contribution in [1.82, 2.24) is 10.2 Å². The zero-order valence-corrected chi connectivity index (χ0v) is 12.3. The Bertz CT molecular complexity index is 432. The molecule has 0 bridgehead atoms. The van der Waals surface area contributed by atoms with Crippen molar-refractivity contribution in [3.63, 3.8) is 0 Å². The van der Waals surface area contributed by atoms with Crippen molar-refractivity contribution >= 4 is 12.0 Å². The van der Waals surface area contributed by atoms with Gasteiger partial charge < -0.3 is 15.0 Å². The van der Waals surface area contributed by atoms with E-state index in [0.717, 1.165) is 5.56 Å². The highest BCUT2D eigenvalue weighted by Gasteiger charge is 2.18. The number of carbonyl (C=O) groups excluding carboxylic acids is 2. The van der Waals surface area contributed by atoms with Crippen LogP contribution in [-0.4, -0.2) is 36.1 Å². The molecule has 2 amide bonds. The van der Waals surface area contributed by atoms with E-state index in [4.69, 9.17) is 4.74 Å². The van der Waals surface area contributed by atoms with Crippen LogP contribution in [0, 0.1) is 0 Å². The van der Waals surface area contributed by atoms with E-state index in [9.17, 15) is 9.59 Å². The van der Waals surface area contributed by atoms with Crippen LogP contribution in [0.5, 0.6) is 0 Å². The standard InChI is InChI=1S/C15H22N2O3/c1-4-20-15(19)16-10-14(18)17(12(2)3)11-13-8-6-5-7-9-13/h5-9,12H,4,10-11H2,1-3H3,(H,16,19). The molecule has 0 aromatic heterocycles. The SMILES string of the molecule is CCOC(=O)NCC(=O)N(Cc1ccccc1)C(C)C. The van der Waals surface area contributed by atoms with E-state index >= 15 is 0 Å². The van der Waals surface area contributed by atoms with E-state index in [1.165, 1.54) is 0 Å². The summed E-state index contributed by atoms with van der Waals surface area (Å²) in [7, 11) is 0. The average Bonchev–Trinajstić information content (AvgIpc) is 2.43. The molecule has 20 heavy (non-hydrogen) atoms. The van der Waals surface area contributed by atoms with Gasteiger partial charge in [0.15, 0.2) is 0 Å². The maximum atomic E-state index is 12.2. The monoisotopic (exact) mass is 278 g/mol. The first kappa shape index (κ1) is 16.0. The fourth-order valence-electron chi connectivity index (χ4n) is 1.77. The molecule has 1 aromatic carbocycles. The van der Waals surface area contributed by atoms with Crippen molar-refractivity contribution in [2.45, 2.75) is 33.4 Å². The predicted molar refractivity (Wildman–Crippen MR) is 77.2 cm³/mol. The molecule has 1 rings (SSSR count). The molecule has 0 radical (unpaired) electrons. The Labute approximate surface area is 119 Å². The van der Waals surface area contributed by atoms with Gasteiger partial charge in [-0.15, -0.1) is 0 Å². The van der Waals surface area contributed by atoms with E-state index in [2.05, 4.69) is 5.32 Å². The summed E-state index contributed by atoms with van der Waals surface area (Å²) in [5.74, 6) is -0.128. The highest BCUT2D eigenvalue weighted by Crippen LogP contribution is 2.08. The maximum absolute atomic E-state index is 12.2. The van der Waals surface area contributed by atoms with Gasteiger partial charge in [0, 0.05) is 12.6 Å². The van der Waals surface area contributed by atoms with Gasteiger partial charge in [-0.05, 0) is 26.3 Å². The number of amides is 2. The predicted octanol–water partition coefficient (Wildman–Crippen LogP) is 2.17. The third-order valence-corrected chi connectivity index (χ3v) is 2.80. The summed E-state index contributed by atoms with van der Waals surface area (Å²) in [4.78, 5) is 25.1. The Morgan fingerprint density at radius 3 is 2.45 bits per heavy atom. The second-order valence-electron chi connectivity index (χ2n) is 4.68. The number of hydrogen-bond acceptors (Lipinski definition) is 3. The molecule has 5 nitrogen and oxygen atoms in total. The number of benzene rings is 1. The molecule has 0 aliphatic rings. The number of carbonyl (C=O) groups is 2. The molecule has 0 fully saturated rings. The van der Waals surface area contributed by atoms with E-state index in [1.54, 1.807) is 11.8 Å². The molecule has 0 aliphatic carbocycles. The van der Waals surface area contributed by atoms with Gasteiger partial charge in [0.25, 0.3) is 0 Å². The average molecular weight is 278 g/mol. The van der Waals surface area contributed by atoms with Gasteiger partial charge in [-0.1, -0.05) is 30.3 Å². The van der Waals surface area contributed by atoms with Gasteiger partial charge in [0.05, 0.1) is 6.61 Å². The zero-order chi connectivity index (χ0) is 15.0. The summed E-state index contributed by atoms with van der Waals surface area (Å²) in [6.45, 7) is 6.39. The van der Waals surface area contributed by atoms with Crippen molar-refractivity contribution in [3.05, 3.63) is 35.9 Å². The van der Waals surface area contributed by atoms with Crippen molar-refractivity contribution in [3.8, 4) is 0 Å². The molecule has 0 unspecified atom stereocenters. The number of rotatable bonds is 6. The normalized spacial score (nSPS) is 10.2. The Kier molecular flexibility index (Phi) is 6.56. The van der Waals surface area contributed by atoms with E-state index in [1.807, 2.05) is 44.2 Å². The van der Waals surface area contributed by atoms with Crippen molar-refractivity contribution in [1.29, 1.82) is 0 Å². The molecule has 0 heterocycles. The second-order valence-corrected chi connectivity index (χ2v) is 4.68. The summed E-state index contributed by atoms with van der Waals surface area (Å²) < 4.78 is 4.73. The quantitative estimate of drug-likeness (QED) is 0.867. The lowest BCUT2D eigenvalue weighted by Crippen LogP contribution is -2.43. The molecular weight excluding hydrogens is 256 g/mol. The fraction of sp³-hybridized carbons (Fsp3) is 0.467. The Hall–Kier alpha value is -2.04. The summed E-state index contributed by atoms with van der Waals surface area (Å²) in [6.07, 6.45) is -0.565. The van der Waals surface area contributed by atoms with Crippen LogP contribution >= 0.6 is 0 Å². The molecule has 5 heteroatoms. The van der Waals surface area contributed by atoms with Crippen molar-refractivity contribution < 1.29 is 14.3 Å². The van der Waals surface area contributed by atoms with E-state index in [-0.39, 0.29) is 25.1 Å². The van der Waals surface area contributed by atoms with E-state index in [0.29, 0.717) is 6.54 Å². The van der Waals surface area contributed by atoms with Gasteiger partial charge >= 0.3 is 6.09 Å². The van der Waals surface area contributed by atoms with Crippen LogP contribution in [0.2, 0.25) is 0 Å². The third-order valence-electron chi connectivity index (χ3n) is 2.80. The third kappa shape index (κ3) is 5.30. The van der Waals surface area contributed by atoms with Crippen LogP contribution in [0.4, 0.5) is 4.79 Å². The van der Waals surface area contributed by atoms with Crippen LogP contribution in [0.25, 0.3) is 0 Å². The lowest BCUT2D eigenvalue weighted by atomic mass is 10.2. The van der Waals surface area contributed by atoms with Crippen LogP contribution in [0.3, 0.4) is 0 Å². The molecule has 110 valence electrons. The minimum atomic E-state index is -0.565. The molecule has 0 saturated heterocycles. The number of nitrogens with zero attached hydrogens (tertiary/aromatic N) is 1. The number of hydrogen-bond donors (Lipinski definition) is 1. The molecule has 1 aromatic rings. The summed E-state index contributed by atoms with van der Waals surface area (Å²) >= 11 is 0. The van der Waals surface area contributed by atoms with Crippen molar-refractivity contribution in [2.24, 2.45) is 0 Å². The minimum absolute atomic E-state index is 0.0517. The van der Waals surface area contributed by atoms with Gasteiger partial charge in [-0.25, -0.2) is 4.79 Å². The second kappa shape index (κ2) is 8.19. The molecule has 0 saturated carbocycles. The van der Waals surface area contributed by atoms with Crippen LogP contribution < -0.4 is 5.32 Å². The summed E-state index contributed by atoms with van der Waals surface area (Å²) in [5, 5.41) is 2.45. The molecular formula is C15H22N2O3. The highest BCUT2D eigenvalue weighted by atomic mass is 16.5. The Morgan fingerprint density at radius 1 is 1.25 bits per heavy atom. The maximum Gasteiger partial charge on any atom is 0.407 e. The Balaban J connectivity index is 2.57. The fourth-order valence-corrected chi connectivity index (χ4v) is 1.77. The first-order valence-electron chi connectivity index (χ1n) is 6.78. The number of alkyl carbamates (subject to hydrolysis) is 1. The molecule has 1 N–H and O–H groups in total. The van der Waals surface area contributed by atoms with Gasteiger partial charge in [0.1, 0.15) is 6.54 Å². The lowest BCUT2D eigenvalue weighted by molar-refractivity contribution is -0.132. The van der Waals surface area contributed by atoms with Crippen LogP contribution in [-0.2, 0) is 16.1 Å². The van der Waals surface area contributed by atoms with Gasteiger partial charge in [-0.2, -0.15) is 0 Å². The van der Waals surface area contributed by atoms with Gasteiger partial charge in [-0.3, -0.25) is 4.79 Å². The van der Waals surface area contributed by atoms with Crippen LogP contribution in [0.15, 0.2) is 30.3 Å². The number of ether oxygens (including phenoxy) is 1. The zero-order valence-electron chi connectivity index (χ0n) is 12.3. The first-order valence-corrected chi connectivity index (χ1v) is 6.78. The molecule has 0 spiro atoms. The highest BCUT2D eigenvalue weighted by molar-refractivity contribution is 5.82. The Morgan fingerprint density at radius 2 is 1.90 bits per heavy atom. The summed E-state index contributed by atoms with van der Waals surface area (Å²) in [5.41, 5.74) is 1.06. The lowest BCUT2D eigenvalue weighted by Gasteiger charge is -2.27. The first-order chi connectivity index (χ1) is 9.54. The topological polar surface area (TPSA) is 58.6 Å². The molecule has 0 atom stereocenters.